The Kier molecular flexibility index (Phi) is 6.88. The van der Waals surface area contributed by atoms with Crippen LogP contribution in [0.5, 0.6) is 5.88 Å². The fourth-order valence-electron chi connectivity index (χ4n) is 1.87. The van der Waals surface area contributed by atoms with Crippen molar-refractivity contribution in [3.63, 3.8) is 0 Å². The predicted molar refractivity (Wildman–Crippen MR) is 93.1 cm³/mol. The number of ether oxygens (including phenoxy) is 1. The van der Waals surface area contributed by atoms with Gasteiger partial charge in [0.1, 0.15) is 0 Å². The summed E-state index contributed by atoms with van der Waals surface area (Å²) in [6.45, 7) is -1.49. The molecule has 0 bridgehead atoms. The Morgan fingerprint density at radius 3 is 2.69 bits per heavy atom. The lowest BCUT2D eigenvalue weighted by molar-refractivity contribution is -0.154. The Bertz CT molecular complexity index is 811. The van der Waals surface area contributed by atoms with E-state index in [1.807, 2.05) is 0 Å². The number of carbonyl (C=O) groups is 1. The molecule has 2 rings (SSSR count). The van der Waals surface area contributed by atoms with Crippen LogP contribution in [0.1, 0.15) is 11.1 Å². The van der Waals surface area contributed by atoms with Gasteiger partial charge in [0, 0.05) is 24.4 Å². The van der Waals surface area contributed by atoms with Crippen LogP contribution in [0, 0.1) is 0 Å². The number of hydrogen-bond acceptors (Lipinski definition) is 3. The summed E-state index contributed by atoms with van der Waals surface area (Å²) in [7, 11) is 0. The molecule has 4 nitrogen and oxygen atoms in total. The number of carbonyl (C=O) groups excluding carboxylic acids is 1. The van der Waals surface area contributed by atoms with E-state index in [1.165, 1.54) is 30.5 Å². The summed E-state index contributed by atoms with van der Waals surface area (Å²) in [6.07, 6.45) is -0.365. The molecule has 2 aromatic rings. The SMILES string of the molecule is O=C(/C=C/c1ccc(Cl)c(Cl)c1)NCc1cccnc1OCC(F)(F)F. The average Bonchev–Trinajstić information content (AvgIpc) is 2.59. The van der Waals surface area contributed by atoms with Gasteiger partial charge in [-0.05, 0) is 29.8 Å². The van der Waals surface area contributed by atoms with Crippen molar-refractivity contribution in [1.29, 1.82) is 0 Å². The second-order valence-corrected chi connectivity index (χ2v) is 5.91. The second kappa shape index (κ2) is 8.91. The highest BCUT2D eigenvalue weighted by atomic mass is 35.5. The number of pyridine rings is 1. The third kappa shape index (κ3) is 6.57. The summed E-state index contributed by atoms with van der Waals surface area (Å²) in [6, 6.07) is 7.93. The molecule has 1 amide bonds. The molecule has 0 fully saturated rings. The van der Waals surface area contributed by atoms with Gasteiger partial charge in [0.05, 0.1) is 10.0 Å². The summed E-state index contributed by atoms with van der Waals surface area (Å²) >= 11 is 11.7. The molecular weight excluding hydrogens is 392 g/mol. The van der Waals surface area contributed by atoms with E-state index >= 15 is 0 Å². The minimum absolute atomic E-state index is 0.0361. The Morgan fingerprint density at radius 1 is 1.23 bits per heavy atom. The third-order valence-electron chi connectivity index (χ3n) is 3.05. The number of nitrogens with one attached hydrogen (secondary N) is 1. The molecule has 1 aromatic heterocycles. The fraction of sp³-hybridized carbons (Fsp3) is 0.176. The minimum Gasteiger partial charge on any atom is -0.468 e. The quantitative estimate of drug-likeness (QED) is 0.712. The normalized spacial score (nSPS) is 11.6. The van der Waals surface area contributed by atoms with Crippen molar-refractivity contribution < 1.29 is 22.7 Å². The molecule has 0 aliphatic carbocycles. The number of nitrogens with zero attached hydrogens (tertiary/aromatic N) is 1. The van der Waals surface area contributed by atoms with Crippen LogP contribution >= 0.6 is 23.2 Å². The van der Waals surface area contributed by atoms with Crippen molar-refractivity contribution in [2.45, 2.75) is 12.7 Å². The second-order valence-electron chi connectivity index (χ2n) is 5.10. The lowest BCUT2D eigenvalue weighted by Gasteiger charge is -2.12. The Morgan fingerprint density at radius 2 is 2.00 bits per heavy atom. The highest BCUT2D eigenvalue weighted by Crippen LogP contribution is 2.23. The van der Waals surface area contributed by atoms with Crippen LogP contribution in [0.4, 0.5) is 13.2 Å². The highest BCUT2D eigenvalue weighted by molar-refractivity contribution is 6.42. The zero-order valence-corrected chi connectivity index (χ0v) is 14.7. The Labute approximate surface area is 157 Å². The van der Waals surface area contributed by atoms with Crippen LogP contribution in [-0.2, 0) is 11.3 Å². The summed E-state index contributed by atoms with van der Waals surface area (Å²) in [5, 5.41) is 3.30. The first-order valence-electron chi connectivity index (χ1n) is 7.29. The van der Waals surface area contributed by atoms with Crippen LogP contribution in [0.25, 0.3) is 6.08 Å². The molecule has 0 spiro atoms. The predicted octanol–water partition coefficient (Wildman–Crippen LogP) is 4.66. The molecule has 0 saturated carbocycles. The van der Waals surface area contributed by atoms with Gasteiger partial charge in [-0.25, -0.2) is 4.98 Å². The molecule has 1 N–H and O–H groups in total. The number of rotatable bonds is 6. The molecule has 0 saturated heterocycles. The van der Waals surface area contributed by atoms with Gasteiger partial charge in [-0.15, -0.1) is 0 Å². The lowest BCUT2D eigenvalue weighted by Crippen LogP contribution is -2.23. The van der Waals surface area contributed by atoms with Gasteiger partial charge in [-0.3, -0.25) is 4.79 Å². The van der Waals surface area contributed by atoms with E-state index in [-0.39, 0.29) is 12.4 Å². The van der Waals surface area contributed by atoms with Crippen LogP contribution in [0.15, 0.2) is 42.6 Å². The zero-order chi connectivity index (χ0) is 19.2. The van der Waals surface area contributed by atoms with Crippen LogP contribution < -0.4 is 10.1 Å². The maximum atomic E-state index is 12.3. The zero-order valence-electron chi connectivity index (χ0n) is 13.2. The summed E-state index contributed by atoms with van der Waals surface area (Å²) < 4.78 is 41.4. The van der Waals surface area contributed by atoms with Crippen LogP contribution in [-0.4, -0.2) is 23.7 Å². The van der Waals surface area contributed by atoms with Crippen molar-refractivity contribution in [2.24, 2.45) is 0 Å². The number of aromatic nitrogens is 1. The monoisotopic (exact) mass is 404 g/mol. The number of amides is 1. The van der Waals surface area contributed by atoms with E-state index in [4.69, 9.17) is 23.2 Å². The molecule has 0 unspecified atom stereocenters. The Hall–Kier alpha value is -2.25. The number of benzene rings is 1. The minimum atomic E-state index is -4.47. The molecule has 0 aliphatic rings. The van der Waals surface area contributed by atoms with Crippen LogP contribution in [0.3, 0.4) is 0 Å². The van der Waals surface area contributed by atoms with E-state index in [2.05, 4.69) is 15.0 Å². The molecule has 9 heteroatoms. The summed E-state index contributed by atoms with van der Waals surface area (Å²) in [5.41, 5.74) is 0.998. The molecule has 1 aromatic carbocycles. The standard InChI is InChI=1S/C17H13Cl2F3N2O2/c18-13-5-3-11(8-14(13)19)4-6-15(25)24-9-12-2-1-7-23-16(12)26-10-17(20,21)22/h1-8H,9-10H2,(H,24,25)/b6-4+. The van der Waals surface area contributed by atoms with E-state index in [0.717, 1.165) is 0 Å². The maximum Gasteiger partial charge on any atom is 0.422 e. The van der Waals surface area contributed by atoms with Gasteiger partial charge in [0.15, 0.2) is 6.61 Å². The van der Waals surface area contributed by atoms with Crippen molar-refractivity contribution in [3.8, 4) is 5.88 Å². The number of hydrogen-bond donors (Lipinski definition) is 1. The maximum absolute atomic E-state index is 12.3. The summed E-state index contributed by atoms with van der Waals surface area (Å²) in [4.78, 5) is 15.6. The lowest BCUT2D eigenvalue weighted by atomic mass is 10.2. The Balaban J connectivity index is 1.94. The van der Waals surface area contributed by atoms with Crippen molar-refractivity contribution in [2.75, 3.05) is 6.61 Å². The molecule has 0 radical (unpaired) electrons. The highest BCUT2D eigenvalue weighted by Gasteiger charge is 2.29. The average molecular weight is 405 g/mol. The van der Waals surface area contributed by atoms with Crippen molar-refractivity contribution in [1.82, 2.24) is 10.3 Å². The van der Waals surface area contributed by atoms with Crippen LogP contribution in [0.2, 0.25) is 10.0 Å². The van der Waals surface area contributed by atoms with Gasteiger partial charge >= 0.3 is 6.18 Å². The third-order valence-corrected chi connectivity index (χ3v) is 3.79. The van der Waals surface area contributed by atoms with E-state index in [0.29, 0.717) is 21.2 Å². The topological polar surface area (TPSA) is 51.2 Å². The molecule has 138 valence electrons. The molecule has 1 heterocycles. The summed E-state index contributed by atoms with van der Waals surface area (Å²) in [5.74, 6) is -0.625. The van der Waals surface area contributed by atoms with Gasteiger partial charge in [0.25, 0.3) is 0 Å². The van der Waals surface area contributed by atoms with E-state index in [1.54, 1.807) is 18.2 Å². The van der Waals surface area contributed by atoms with E-state index in [9.17, 15) is 18.0 Å². The first-order chi connectivity index (χ1) is 12.2. The van der Waals surface area contributed by atoms with Crippen molar-refractivity contribution in [3.05, 3.63) is 63.8 Å². The van der Waals surface area contributed by atoms with Gasteiger partial charge < -0.3 is 10.1 Å². The molecule has 26 heavy (non-hydrogen) atoms. The first-order valence-corrected chi connectivity index (χ1v) is 8.04. The van der Waals surface area contributed by atoms with Gasteiger partial charge in [-0.2, -0.15) is 13.2 Å². The molecule has 0 aliphatic heterocycles. The first kappa shape index (κ1) is 20.1. The van der Waals surface area contributed by atoms with Gasteiger partial charge in [-0.1, -0.05) is 35.3 Å². The van der Waals surface area contributed by atoms with Gasteiger partial charge in [0.2, 0.25) is 11.8 Å². The number of halogens is 5. The fourth-order valence-corrected chi connectivity index (χ4v) is 2.17. The smallest absolute Gasteiger partial charge is 0.422 e. The molecule has 0 atom stereocenters. The largest absolute Gasteiger partial charge is 0.468 e. The number of alkyl halides is 3. The van der Waals surface area contributed by atoms with Crippen molar-refractivity contribution >= 4 is 35.2 Å². The van der Waals surface area contributed by atoms with E-state index < -0.39 is 18.7 Å². The molecular formula is C17H13Cl2F3N2O2.